The fourth-order valence-corrected chi connectivity index (χ4v) is 2.50. The minimum atomic E-state index is -4.28. The van der Waals surface area contributed by atoms with Gasteiger partial charge in [-0.2, -0.15) is 18.3 Å². The van der Waals surface area contributed by atoms with E-state index in [1.165, 1.54) is 0 Å². The van der Waals surface area contributed by atoms with Gasteiger partial charge in [-0.3, -0.25) is 4.68 Å². The smallest absolute Gasteiger partial charge is 0.386 e. The lowest BCUT2D eigenvalue weighted by Gasteiger charge is -2.13. The molecule has 1 aromatic heterocycles. The molecule has 1 saturated carbocycles. The molecule has 0 radical (unpaired) electrons. The van der Waals surface area contributed by atoms with Crippen LogP contribution < -0.4 is 10.6 Å². The maximum absolute atomic E-state index is 12.3. The Labute approximate surface area is 125 Å². The number of halogens is 3. The van der Waals surface area contributed by atoms with E-state index in [2.05, 4.69) is 15.7 Å². The minimum absolute atomic E-state index is 0.0946. The number of aliphatic hydroxyl groups is 1. The van der Waals surface area contributed by atoms with Crippen LogP contribution >= 0.6 is 0 Å². The summed E-state index contributed by atoms with van der Waals surface area (Å²) in [6.45, 7) is 3.43. The molecule has 6 nitrogen and oxygen atoms in total. The third-order valence-electron chi connectivity index (χ3n) is 3.88. The van der Waals surface area contributed by atoms with Gasteiger partial charge >= 0.3 is 12.2 Å². The fraction of sp³-hybridized carbons (Fsp3) is 0.692. The van der Waals surface area contributed by atoms with Crippen molar-refractivity contribution in [2.45, 2.75) is 38.6 Å². The van der Waals surface area contributed by atoms with Crippen molar-refractivity contribution in [3.8, 4) is 0 Å². The Morgan fingerprint density at radius 3 is 2.59 bits per heavy atom. The van der Waals surface area contributed by atoms with Crippen molar-refractivity contribution in [2.24, 2.45) is 13.0 Å². The van der Waals surface area contributed by atoms with E-state index in [1.54, 1.807) is 25.6 Å². The van der Waals surface area contributed by atoms with Crippen LogP contribution in [0.25, 0.3) is 0 Å². The fourth-order valence-electron chi connectivity index (χ4n) is 2.50. The van der Waals surface area contributed by atoms with Gasteiger partial charge in [0.25, 0.3) is 0 Å². The van der Waals surface area contributed by atoms with E-state index < -0.39 is 30.3 Å². The van der Waals surface area contributed by atoms with Crippen molar-refractivity contribution >= 4 is 6.03 Å². The third-order valence-corrected chi connectivity index (χ3v) is 3.88. The number of urea groups is 1. The molecule has 1 aliphatic rings. The Hall–Kier alpha value is -1.77. The number of carbonyl (C=O) groups excluding carboxylic acids is 1. The van der Waals surface area contributed by atoms with Gasteiger partial charge in [0.2, 0.25) is 0 Å². The van der Waals surface area contributed by atoms with Gasteiger partial charge in [0, 0.05) is 30.9 Å². The van der Waals surface area contributed by atoms with Gasteiger partial charge < -0.3 is 15.7 Å². The van der Waals surface area contributed by atoms with Crippen molar-refractivity contribution in [1.29, 1.82) is 0 Å². The molecule has 0 saturated heterocycles. The summed E-state index contributed by atoms with van der Waals surface area (Å²) in [4.78, 5) is 11.6. The molecule has 3 atom stereocenters. The Kier molecular flexibility index (Phi) is 4.37. The normalized spacial score (nSPS) is 22.3. The number of nitrogens with one attached hydrogen (secondary N) is 2. The zero-order valence-corrected chi connectivity index (χ0v) is 12.5. The summed E-state index contributed by atoms with van der Waals surface area (Å²) in [5.74, 6) is -1.47. The highest BCUT2D eigenvalue weighted by molar-refractivity contribution is 5.74. The maximum Gasteiger partial charge on any atom is 0.393 e. The van der Waals surface area contributed by atoms with Crippen LogP contribution in [0.1, 0.15) is 29.5 Å². The summed E-state index contributed by atoms with van der Waals surface area (Å²) < 4.78 is 38.7. The number of hydrogen-bond donors (Lipinski definition) is 3. The van der Waals surface area contributed by atoms with Crippen molar-refractivity contribution in [2.75, 3.05) is 6.54 Å². The lowest BCUT2D eigenvalue weighted by Crippen LogP contribution is -2.40. The number of carbonyl (C=O) groups is 1. The van der Waals surface area contributed by atoms with Gasteiger partial charge in [0.1, 0.15) is 0 Å². The highest BCUT2D eigenvalue weighted by Crippen LogP contribution is 2.44. The number of aliphatic hydroxyl groups excluding tert-OH is 1. The van der Waals surface area contributed by atoms with Crippen molar-refractivity contribution in [3.63, 3.8) is 0 Å². The minimum Gasteiger partial charge on any atom is -0.386 e. The summed E-state index contributed by atoms with van der Waals surface area (Å²) in [5.41, 5.74) is 2.03. The zero-order chi connectivity index (χ0) is 16.7. The van der Waals surface area contributed by atoms with Crippen LogP contribution in [0.15, 0.2) is 0 Å². The second kappa shape index (κ2) is 5.79. The Morgan fingerprint density at radius 1 is 1.50 bits per heavy atom. The molecule has 3 N–H and O–H groups in total. The molecular weight excluding hydrogens is 301 g/mol. The Bertz CT molecular complexity index is 570. The van der Waals surface area contributed by atoms with Crippen molar-refractivity contribution < 1.29 is 23.1 Å². The van der Waals surface area contributed by atoms with Crippen LogP contribution in [-0.4, -0.2) is 39.7 Å². The molecule has 22 heavy (non-hydrogen) atoms. The van der Waals surface area contributed by atoms with Gasteiger partial charge in [-0.25, -0.2) is 4.79 Å². The molecule has 1 fully saturated rings. The first kappa shape index (κ1) is 16.6. The second-order valence-electron chi connectivity index (χ2n) is 5.57. The van der Waals surface area contributed by atoms with Gasteiger partial charge in [-0.1, -0.05) is 0 Å². The van der Waals surface area contributed by atoms with Crippen LogP contribution in [0.3, 0.4) is 0 Å². The average molecular weight is 320 g/mol. The first-order valence-electron chi connectivity index (χ1n) is 6.90. The summed E-state index contributed by atoms with van der Waals surface area (Å²) in [5, 5.41) is 18.9. The van der Waals surface area contributed by atoms with E-state index in [1.807, 2.05) is 0 Å². The highest BCUT2D eigenvalue weighted by atomic mass is 19.4. The molecule has 1 unspecified atom stereocenters. The topological polar surface area (TPSA) is 79.2 Å². The third kappa shape index (κ3) is 3.52. The van der Waals surface area contributed by atoms with E-state index in [9.17, 15) is 23.1 Å². The molecule has 124 valence electrons. The van der Waals surface area contributed by atoms with E-state index in [0.717, 1.165) is 5.69 Å². The van der Waals surface area contributed by atoms with E-state index in [4.69, 9.17) is 0 Å². The summed E-state index contributed by atoms with van der Waals surface area (Å²) in [6.07, 6.45) is -5.33. The van der Waals surface area contributed by atoms with Crippen LogP contribution in [0.4, 0.5) is 18.0 Å². The molecule has 1 heterocycles. The average Bonchev–Trinajstić information content (AvgIpc) is 3.10. The van der Waals surface area contributed by atoms with Crippen LogP contribution in [0.5, 0.6) is 0 Å². The molecule has 9 heteroatoms. The molecule has 0 bridgehead atoms. The molecular formula is C13H19F3N4O2. The van der Waals surface area contributed by atoms with E-state index in [0.29, 0.717) is 11.3 Å². The standard InChI is InChI=1S/C13H19F3N4O2/c1-6-11(7(2)20(3)19-6)10(21)5-17-12(22)18-9-4-8(9)13(14,15)16/h8-10,21H,4-5H2,1-3H3,(H2,17,18,22)/t8-,9-,10?/m1/s1. The van der Waals surface area contributed by atoms with Crippen molar-refractivity contribution in [3.05, 3.63) is 17.0 Å². The zero-order valence-electron chi connectivity index (χ0n) is 12.5. The Balaban J connectivity index is 1.82. The number of aryl methyl sites for hydroxylation is 2. The highest BCUT2D eigenvalue weighted by Gasteiger charge is 2.56. The van der Waals surface area contributed by atoms with Crippen molar-refractivity contribution in [1.82, 2.24) is 20.4 Å². The lowest BCUT2D eigenvalue weighted by molar-refractivity contribution is -0.148. The summed E-state index contributed by atoms with van der Waals surface area (Å²) >= 11 is 0. The monoisotopic (exact) mass is 320 g/mol. The van der Waals surface area contributed by atoms with Crippen LogP contribution in [0, 0.1) is 19.8 Å². The summed E-state index contributed by atoms with van der Waals surface area (Å²) in [7, 11) is 1.74. The Morgan fingerprint density at radius 2 is 2.14 bits per heavy atom. The van der Waals surface area contributed by atoms with E-state index >= 15 is 0 Å². The number of rotatable bonds is 4. The number of nitrogens with zero attached hydrogens (tertiary/aromatic N) is 2. The quantitative estimate of drug-likeness (QED) is 0.783. The predicted molar refractivity (Wildman–Crippen MR) is 72.1 cm³/mol. The van der Waals surface area contributed by atoms with Gasteiger partial charge in [0.15, 0.2) is 0 Å². The van der Waals surface area contributed by atoms with Gasteiger partial charge in [-0.15, -0.1) is 0 Å². The second-order valence-corrected chi connectivity index (χ2v) is 5.57. The number of aromatic nitrogens is 2. The molecule has 2 amide bonds. The van der Waals surface area contributed by atoms with Crippen LogP contribution in [0.2, 0.25) is 0 Å². The largest absolute Gasteiger partial charge is 0.393 e. The molecule has 0 aromatic carbocycles. The van der Waals surface area contributed by atoms with Gasteiger partial charge in [0.05, 0.1) is 17.7 Å². The first-order valence-corrected chi connectivity index (χ1v) is 6.90. The lowest BCUT2D eigenvalue weighted by atomic mass is 10.1. The SMILES string of the molecule is Cc1nn(C)c(C)c1C(O)CNC(=O)N[C@@H]1C[C@H]1C(F)(F)F. The maximum atomic E-state index is 12.3. The molecule has 0 spiro atoms. The van der Waals surface area contributed by atoms with Crippen LogP contribution in [-0.2, 0) is 7.05 Å². The molecule has 1 aromatic rings. The number of amides is 2. The molecule has 1 aliphatic carbocycles. The molecule has 2 rings (SSSR count). The predicted octanol–water partition coefficient (Wildman–Crippen LogP) is 1.32. The number of hydrogen-bond acceptors (Lipinski definition) is 3. The van der Waals surface area contributed by atoms with Gasteiger partial charge in [-0.05, 0) is 20.3 Å². The number of alkyl halides is 3. The molecule has 0 aliphatic heterocycles. The summed E-state index contributed by atoms with van der Waals surface area (Å²) in [6, 6.07) is -1.59. The van der Waals surface area contributed by atoms with E-state index in [-0.39, 0.29) is 13.0 Å². The first-order chi connectivity index (χ1) is 10.1.